The van der Waals surface area contributed by atoms with E-state index >= 15 is 0 Å². The number of nitrogen functional groups attached to an aromatic ring is 1. The van der Waals surface area contributed by atoms with Crippen molar-refractivity contribution < 1.29 is 8.78 Å². The van der Waals surface area contributed by atoms with Crippen LogP contribution in [-0.4, -0.2) is 9.38 Å². The number of imidazole rings is 1. The van der Waals surface area contributed by atoms with Crippen LogP contribution in [0.25, 0.3) is 4.83 Å². The van der Waals surface area contributed by atoms with Crippen molar-refractivity contribution in [2.45, 2.75) is 12.8 Å². The Morgan fingerprint density at radius 1 is 1.62 bits per heavy atom. The zero-order valence-electron chi connectivity index (χ0n) is 6.79. The van der Waals surface area contributed by atoms with Gasteiger partial charge in [-0.1, -0.05) is 0 Å². The molecule has 0 bridgehead atoms. The Hall–Kier alpha value is -1.17. The van der Waals surface area contributed by atoms with E-state index in [1.807, 2.05) is 0 Å². The third-order valence-electron chi connectivity index (χ3n) is 1.74. The van der Waals surface area contributed by atoms with Gasteiger partial charge in [0.25, 0.3) is 5.92 Å². The summed E-state index contributed by atoms with van der Waals surface area (Å²) < 4.78 is 27.2. The van der Waals surface area contributed by atoms with Gasteiger partial charge in [0.05, 0.1) is 0 Å². The molecular weight excluding hydrogens is 196 g/mol. The molecule has 2 rings (SSSR count). The summed E-state index contributed by atoms with van der Waals surface area (Å²) in [7, 11) is 0. The van der Waals surface area contributed by atoms with Gasteiger partial charge >= 0.3 is 0 Å². The van der Waals surface area contributed by atoms with Crippen molar-refractivity contribution in [3.05, 3.63) is 17.4 Å². The van der Waals surface area contributed by atoms with Crippen molar-refractivity contribution in [1.29, 1.82) is 0 Å². The summed E-state index contributed by atoms with van der Waals surface area (Å²) in [6.07, 6.45) is 1.31. The summed E-state index contributed by atoms with van der Waals surface area (Å²) in [4.78, 5) is 4.31. The first-order chi connectivity index (χ1) is 6.00. The molecule has 0 aromatic carbocycles. The number of alkyl halides is 2. The first-order valence-electron chi connectivity index (χ1n) is 3.58. The summed E-state index contributed by atoms with van der Waals surface area (Å²) in [6.45, 7) is 0.852. The van der Waals surface area contributed by atoms with Crippen molar-refractivity contribution >= 4 is 22.0 Å². The minimum absolute atomic E-state index is 0.0725. The van der Waals surface area contributed by atoms with E-state index in [1.165, 1.54) is 27.4 Å². The fourth-order valence-electron chi connectivity index (χ4n) is 1.12. The van der Waals surface area contributed by atoms with Crippen LogP contribution in [-0.2, 0) is 5.92 Å². The van der Waals surface area contributed by atoms with Crippen molar-refractivity contribution in [3.63, 3.8) is 0 Å². The molecule has 0 aliphatic rings. The molecule has 2 N–H and O–H groups in total. The van der Waals surface area contributed by atoms with Gasteiger partial charge in [-0.15, -0.1) is 11.3 Å². The molecule has 13 heavy (non-hydrogen) atoms. The van der Waals surface area contributed by atoms with Crippen LogP contribution in [0.3, 0.4) is 0 Å². The normalized spacial score (nSPS) is 12.5. The van der Waals surface area contributed by atoms with Gasteiger partial charge in [0, 0.05) is 12.3 Å². The molecule has 0 unspecified atom stereocenters. The number of halogens is 2. The maximum atomic E-state index is 12.9. The number of hydrogen-bond donors (Lipinski definition) is 1. The molecule has 2 aromatic rings. The third-order valence-corrected chi connectivity index (χ3v) is 2.71. The zero-order chi connectivity index (χ0) is 9.64. The molecule has 2 heterocycles. The molecule has 0 saturated carbocycles. The van der Waals surface area contributed by atoms with Crippen LogP contribution in [0, 0.1) is 0 Å². The highest BCUT2D eigenvalue weighted by atomic mass is 32.1. The molecule has 0 aliphatic heterocycles. The molecule has 70 valence electrons. The van der Waals surface area contributed by atoms with Crippen LogP contribution in [0.5, 0.6) is 0 Å². The predicted octanol–water partition coefficient (Wildman–Crippen LogP) is 2.09. The van der Waals surface area contributed by atoms with E-state index in [1.54, 1.807) is 0 Å². The summed E-state index contributed by atoms with van der Waals surface area (Å²) >= 11 is 1.17. The monoisotopic (exact) mass is 203 g/mol. The van der Waals surface area contributed by atoms with E-state index in [4.69, 9.17) is 5.73 Å². The quantitative estimate of drug-likeness (QED) is 0.771. The molecule has 0 radical (unpaired) electrons. The first kappa shape index (κ1) is 8.43. The molecule has 2 aromatic heterocycles. The van der Waals surface area contributed by atoms with Crippen molar-refractivity contribution in [3.8, 4) is 0 Å². The zero-order valence-corrected chi connectivity index (χ0v) is 7.61. The molecule has 3 nitrogen and oxygen atoms in total. The maximum absolute atomic E-state index is 12.9. The second kappa shape index (κ2) is 2.41. The Balaban J connectivity index is 2.72. The Bertz CT molecular complexity index is 440. The average molecular weight is 203 g/mol. The van der Waals surface area contributed by atoms with Crippen molar-refractivity contribution in [2.75, 3.05) is 5.73 Å². The smallest absolute Gasteiger partial charge is 0.286 e. The topological polar surface area (TPSA) is 43.3 Å². The number of rotatable bonds is 1. The molecule has 6 heteroatoms. The standard InChI is InChI=1S/C7H7F2N3S/c1-7(8,9)4-2-13-6-5(10)11-3-12(4)6/h2-3H,10H2,1H3. The van der Waals surface area contributed by atoms with Crippen LogP contribution < -0.4 is 5.73 Å². The first-order valence-corrected chi connectivity index (χ1v) is 4.46. The van der Waals surface area contributed by atoms with Gasteiger partial charge < -0.3 is 5.73 Å². The van der Waals surface area contributed by atoms with E-state index in [0.29, 0.717) is 10.6 Å². The number of hydrogen-bond acceptors (Lipinski definition) is 3. The fourth-order valence-corrected chi connectivity index (χ4v) is 2.10. The highest BCUT2D eigenvalue weighted by Crippen LogP contribution is 2.32. The summed E-state index contributed by atoms with van der Waals surface area (Å²) in [6, 6.07) is 0. The van der Waals surface area contributed by atoms with E-state index in [2.05, 4.69) is 4.98 Å². The molecule has 0 saturated heterocycles. The third kappa shape index (κ3) is 1.17. The number of nitrogens with zero attached hydrogens (tertiary/aromatic N) is 2. The minimum atomic E-state index is -2.86. The van der Waals surface area contributed by atoms with E-state index < -0.39 is 5.92 Å². The lowest BCUT2D eigenvalue weighted by Gasteiger charge is -2.07. The summed E-state index contributed by atoms with van der Waals surface area (Å²) in [5.41, 5.74) is 5.39. The molecule has 0 aliphatic carbocycles. The lowest BCUT2D eigenvalue weighted by atomic mass is 10.3. The van der Waals surface area contributed by atoms with Crippen molar-refractivity contribution in [1.82, 2.24) is 9.38 Å². The summed E-state index contributed by atoms with van der Waals surface area (Å²) in [5, 5.41) is 1.40. The number of aromatic nitrogens is 2. The molecule has 0 fully saturated rings. The van der Waals surface area contributed by atoms with Gasteiger partial charge in [-0.25, -0.2) is 4.98 Å². The van der Waals surface area contributed by atoms with E-state index in [-0.39, 0.29) is 5.69 Å². The molecule has 0 atom stereocenters. The lowest BCUT2D eigenvalue weighted by molar-refractivity contribution is 0.0121. The SMILES string of the molecule is CC(F)(F)c1csc2c(N)ncn12. The largest absolute Gasteiger partial charge is 0.381 e. The lowest BCUT2D eigenvalue weighted by Crippen LogP contribution is -2.09. The summed E-state index contributed by atoms with van der Waals surface area (Å²) in [5.74, 6) is -2.56. The predicted molar refractivity (Wildman–Crippen MR) is 47.0 cm³/mol. The van der Waals surface area contributed by atoms with Gasteiger partial charge in [0.15, 0.2) is 5.82 Å². The fraction of sp³-hybridized carbons (Fsp3) is 0.286. The van der Waals surface area contributed by atoms with Crippen molar-refractivity contribution in [2.24, 2.45) is 0 Å². The second-order valence-electron chi connectivity index (χ2n) is 2.81. The van der Waals surface area contributed by atoms with Gasteiger partial charge in [-0.2, -0.15) is 8.78 Å². The van der Waals surface area contributed by atoms with Crippen LogP contribution in [0.15, 0.2) is 11.7 Å². The van der Waals surface area contributed by atoms with Crippen LogP contribution in [0.1, 0.15) is 12.6 Å². The van der Waals surface area contributed by atoms with Crippen LogP contribution in [0.2, 0.25) is 0 Å². The number of thiazole rings is 1. The van der Waals surface area contributed by atoms with Gasteiger partial charge in [0.2, 0.25) is 0 Å². The molecular formula is C7H7F2N3S. The van der Waals surface area contributed by atoms with E-state index in [0.717, 1.165) is 6.92 Å². The average Bonchev–Trinajstić information content (AvgIpc) is 2.51. The number of fused-ring (bicyclic) bond motifs is 1. The van der Waals surface area contributed by atoms with Gasteiger partial charge in [-0.05, 0) is 0 Å². The Morgan fingerprint density at radius 2 is 2.31 bits per heavy atom. The number of anilines is 1. The second-order valence-corrected chi connectivity index (χ2v) is 3.67. The highest BCUT2D eigenvalue weighted by Gasteiger charge is 2.28. The molecule has 0 amide bonds. The minimum Gasteiger partial charge on any atom is -0.381 e. The van der Waals surface area contributed by atoms with Gasteiger partial charge in [0.1, 0.15) is 16.9 Å². The van der Waals surface area contributed by atoms with Crippen LogP contribution in [0.4, 0.5) is 14.6 Å². The van der Waals surface area contributed by atoms with Gasteiger partial charge in [-0.3, -0.25) is 4.40 Å². The number of nitrogens with two attached hydrogens (primary N) is 1. The highest BCUT2D eigenvalue weighted by molar-refractivity contribution is 7.16. The Kier molecular flexibility index (Phi) is 1.56. The Morgan fingerprint density at radius 3 is 2.92 bits per heavy atom. The van der Waals surface area contributed by atoms with Crippen LogP contribution >= 0.6 is 11.3 Å². The Labute approximate surface area is 76.8 Å². The maximum Gasteiger partial charge on any atom is 0.286 e. The van der Waals surface area contributed by atoms with E-state index in [9.17, 15) is 8.78 Å². The molecule has 0 spiro atoms.